The predicted molar refractivity (Wildman–Crippen MR) is 82.9 cm³/mol. The van der Waals surface area contributed by atoms with Gasteiger partial charge in [0, 0.05) is 24.5 Å². The molecule has 1 N–H and O–H groups in total. The normalized spacial score (nSPS) is 12.8. The molecule has 0 aliphatic carbocycles. The number of hydrogen-bond donors (Lipinski definition) is 1. The van der Waals surface area contributed by atoms with Gasteiger partial charge in [0.1, 0.15) is 11.8 Å². The van der Waals surface area contributed by atoms with Gasteiger partial charge in [-0.2, -0.15) is 18.3 Å². The average Bonchev–Trinajstić information content (AvgIpc) is 3.28. The SMILES string of the molecule is O=C(NCC(c1ccco1)n1cccn1)c1cccc(C(F)(F)F)c1. The Bertz CT molecular complexity index is 793. The predicted octanol–water partition coefficient (Wildman–Crippen LogP) is 3.51. The highest BCUT2D eigenvalue weighted by atomic mass is 19.4. The molecule has 0 saturated heterocycles. The number of nitrogens with one attached hydrogen (secondary N) is 1. The first-order chi connectivity index (χ1) is 11.9. The van der Waals surface area contributed by atoms with Crippen LogP contribution in [0.15, 0.2) is 65.5 Å². The number of carbonyl (C=O) groups excluding carboxylic acids is 1. The van der Waals surface area contributed by atoms with Crippen LogP contribution in [0.1, 0.15) is 27.7 Å². The summed E-state index contributed by atoms with van der Waals surface area (Å²) in [6.45, 7) is 0.115. The molecule has 2 aromatic heterocycles. The van der Waals surface area contributed by atoms with Gasteiger partial charge in [-0.25, -0.2) is 0 Å². The third-order valence-electron chi connectivity index (χ3n) is 3.62. The Balaban J connectivity index is 1.74. The Hall–Kier alpha value is -3.03. The fourth-order valence-electron chi connectivity index (χ4n) is 2.40. The summed E-state index contributed by atoms with van der Waals surface area (Å²) in [5.74, 6) is -0.0251. The number of furan rings is 1. The van der Waals surface area contributed by atoms with Crippen LogP contribution in [0.2, 0.25) is 0 Å². The van der Waals surface area contributed by atoms with Crippen molar-refractivity contribution < 1.29 is 22.4 Å². The molecular formula is C17H14F3N3O2. The Morgan fingerprint density at radius 2 is 2.08 bits per heavy atom. The molecule has 0 aliphatic rings. The molecule has 130 valence electrons. The zero-order valence-electron chi connectivity index (χ0n) is 12.9. The van der Waals surface area contributed by atoms with Crippen LogP contribution in [0.5, 0.6) is 0 Å². The van der Waals surface area contributed by atoms with Gasteiger partial charge < -0.3 is 9.73 Å². The summed E-state index contributed by atoms with van der Waals surface area (Å²) in [6, 6.07) is 9.06. The lowest BCUT2D eigenvalue weighted by Gasteiger charge is -2.16. The molecule has 5 nitrogen and oxygen atoms in total. The van der Waals surface area contributed by atoms with E-state index in [2.05, 4.69) is 10.4 Å². The Morgan fingerprint density at radius 3 is 2.72 bits per heavy atom. The molecule has 2 heterocycles. The van der Waals surface area contributed by atoms with Crippen molar-refractivity contribution in [2.24, 2.45) is 0 Å². The molecule has 1 atom stereocenters. The molecule has 3 aromatic rings. The summed E-state index contributed by atoms with van der Waals surface area (Å²) >= 11 is 0. The number of benzene rings is 1. The lowest BCUT2D eigenvalue weighted by Crippen LogP contribution is -2.31. The second-order valence-electron chi connectivity index (χ2n) is 5.31. The number of rotatable bonds is 5. The van der Waals surface area contributed by atoms with E-state index in [-0.39, 0.29) is 12.1 Å². The van der Waals surface area contributed by atoms with Gasteiger partial charge in [-0.1, -0.05) is 6.07 Å². The first-order valence-electron chi connectivity index (χ1n) is 7.43. The monoisotopic (exact) mass is 349 g/mol. The van der Waals surface area contributed by atoms with Gasteiger partial charge in [-0.05, 0) is 36.4 Å². The van der Waals surface area contributed by atoms with Crippen molar-refractivity contribution in [3.05, 3.63) is 78.0 Å². The molecule has 1 amide bonds. The van der Waals surface area contributed by atoms with E-state index in [0.717, 1.165) is 12.1 Å². The number of hydrogen-bond acceptors (Lipinski definition) is 3. The minimum atomic E-state index is -4.50. The Labute approximate surface area is 141 Å². The third-order valence-corrected chi connectivity index (χ3v) is 3.62. The third kappa shape index (κ3) is 3.90. The van der Waals surface area contributed by atoms with Gasteiger partial charge in [0.2, 0.25) is 0 Å². The van der Waals surface area contributed by atoms with Crippen LogP contribution in [0, 0.1) is 0 Å². The fraction of sp³-hybridized carbons (Fsp3) is 0.176. The van der Waals surface area contributed by atoms with Crippen molar-refractivity contribution in [3.8, 4) is 0 Å². The number of carbonyl (C=O) groups is 1. The van der Waals surface area contributed by atoms with Crippen molar-refractivity contribution in [2.45, 2.75) is 12.2 Å². The van der Waals surface area contributed by atoms with E-state index in [9.17, 15) is 18.0 Å². The molecule has 8 heteroatoms. The van der Waals surface area contributed by atoms with Gasteiger partial charge in [0.15, 0.2) is 0 Å². The van der Waals surface area contributed by atoms with Crippen LogP contribution in [-0.4, -0.2) is 22.2 Å². The lowest BCUT2D eigenvalue weighted by molar-refractivity contribution is -0.137. The number of amides is 1. The largest absolute Gasteiger partial charge is 0.467 e. The van der Waals surface area contributed by atoms with E-state index in [1.165, 1.54) is 18.4 Å². The van der Waals surface area contributed by atoms with E-state index in [4.69, 9.17) is 4.42 Å². The highest BCUT2D eigenvalue weighted by Gasteiger charge is 2.31. The molecule has 0 fully saturated rings. The van der Waals surface area contributed by atoms with E-state index >= 15 is 0 Å². The quantitative estimate of drug-likeness (QED) is 0.767. The van der Waals surface area contributed by atoms with E-state index in [0.29, 0.717) is 5.76 Å². The fourth-order valence-corrected chi connectivity index (χ4v) is 2.40. The van der Waals surface area contributed by atoms with Crippen LogP contribution in [-0.2, 0) is 6.18 Å². The maximum Gasteiger partial charge on any atom is 0.416 e. The van der Waals surface area contributed by atoms with E-state index in [1.54, 1.807) is 35.3 Å². The van der Waals surface area contributed by atoms with Gasteiger partial charge >= 0.3 is 6.18 Å². The zero-order valence-corrected chi connectivity index (χ0v) is 12.9. The Morgan fingerprint density at radius 1 is 1.24 bits per heavy atom. The Kier molecular flexibility index (Phi) is 4.60. The van der Waals surface area contributed by atoms with Gasteiger partial charge in [-0.3, -0.25) is 9.48 Å². The molecule has 0 bridgehead atoms. The summed E-state index contributed by atoms with van der Waals surface area (Å²) in [5, 5.41) is 6.75. The van der Waals surface area contributed by atoms with Crippen LogP contribution >= 0.6 is 0 Å². The highest BCUT2D eigenvalue weighted by Crippen LogP contribution is 2.29. The molecule has 1 aromatic carbocycles. The smallest absolute Gasteiger partial charge is 0.416 e. The van der Waals surface area contributed by atoms with Gasteiger partial charge in [0.25, 0.3) is 5.91 Å². The van der Waals surface area contributed by atoms with Crippen molar-refractivity contribution in [2.75, 3.05) is 6.54 Å². The molecule has 0 radical (unpaired) electrons. The molecular weight excluding hydrogens is 335 g/mol. The lowest BCUT2D eigenvalue weighted by atomic mass is 10.1. The number of alkyl halides is 3. The second kappa shape index (κ2) is 6.84. The highest BCUT2D eigenvalue weighted by molar-refractivity contribution is 5.94. The minimum absolute atomic E-state index is 0.0616. The molecule has 1 unspecified atom stereocenters. The topological polar surface area (TPSA) is 60.1 Å². The number of aromatic nitrogens is 2. The van der Waals surface area contributed by atoms with E-state index in [1.807, 2.05) is 0 Å². The van der Waals surface area contributed by atoms with Crippen molar-refractivity contribution in [3.63, 3.8) is 0 Å². The summed E-state index contributed by atoms with van der Waals surface area (Å²) < 4.78 is 45.2. The molecule has 0 saturated carbocycles. The molecule has 0 aliphatic heterocycles. The van der Waals surface area contributed by atoms with Gasteiger partial charge in [-0.15, -0.1) is 0 Å². The maximum atomic E-state index is 12.8. The van der Waals surface area contributed by atoms with E-state index < -0.39 is 23.7 Å². The maximum absolute atomic E-state index is 12.8. The van der Waals surface area contributed by atoms with Crippen molar-refractivity contribution in [1.82, 2.24) is 15.1 Å². The average molecular weight is 349 g/mol. The van der Waals surface area contributed by atoms with Gasteiger partial charge in [0.05, 0.1) is 11.8 Å². The molecule has 0 spiro atoms. The zero-order chi connectivity index (χ0) is 17.9. The van der Waals surface area contributed by atoms with Crippen LogP contribution in [0.3, 0.4) is 0 Å². The number of nitrogens with zero attached hydrogens (tertiary/aromatic N) is 2. The summed E-state index contributed by atoms with van der Waals surface area (Å²) in [7, 11) is 0. The standard InChI is InChI=1S/C17H14F3N3O2/c18-17(19,20)13-5-1-4-12(10-13)16(24)21-11-14(15-6-2-9-25-15)23-8-3-7-22-23/h1-10,14H,11H2,(H,21,24). The summed E-state index contributed by atoms with van der Waals surface area (Å²) in [6.07, 6.45) is 0.302. The summed E-state index contributed by atoms with van der Waals surface area (Å²) in [5.41, 5.74) is -0.928. The van der Waals surface area contributed by atoms with Crippen LogP contribution in [0.4, 0.5) is 13.2 Å². The first kappa shape index (κ1) is 16.8. The first-order valence-corrected chi connectivity index (χ1v) is 7.43. The number of halogens is 3. The van der Waals surface area contributed by atoms with Crippen molar-refractivity contribution >= 4 is 5.91 Å². The molecule has 3 rings (SSSR count). The second-order valence-corrected chi connectivity index (χ2v) is 5.31. The van der Waals surface area contributed by atoms with Crippen LogP contribution in [0.25, 0.3) is 0 Å². The molecule has 25 heavy (non-hydrogen) atoms. The minimum Gasteiger partial charge on any atom is -0.467 e. The van der Waals surface area contributed by atoms with Crippen LogP contribution < -0.4 is 5.32 Å². The summed E-state index contributed by atoms with van der Waals surface area (Å²) in [4.78, 5) is 12.2. The van der Waals surface area contributed by atoms with Crippen molar-refractivity contribution in [1.29, 1.82) is 0 Å².